The predicted octanol–water partition coefficient (Wildman–Crippen LogP) is 3.91. The van der Waals surface area contributed by atoms with Crippen molar-refractivity contribution in [1.29, 1.82) is 0 Å². The van der Waals surface area contributed by atoms with Gasteiger partial charge in [0.05, 0.1) is 0 Å². The molecule has 4 aliphatic carbocycles. The molecule has 0 radical (unpaired) electrons. The molecular formula is C17H14. The Labute approximate surface area is 101 Å². The maximum absolute atomic E-state index is 2.36. The summed E-state index contributed by atoms with van der Waals surface area (Å²) >= 11 is 0. The predicted molar refractivity (Wildman–Crippen MR) is 68.2 cm³/mol. The summed E-state index contributed by atoms with van der Waals surface area (Å²) in [6, 6.07) is 18.3. The summed E-state index contributed by atoms with van der Waals surface area (Å²) in [5, 5.41) is 0. The van der Waals surface area contributed by atoms with Crippen molar-refractivity contribution in [2.45, 2.75) is 18.3 Å². The van der Waals surface area contributed by atoms with Gasteiger partial charge in [-0.3, -0.25) is 0 Å². The maximum atomic E-state index is 2.36. The van der Waals surface area contributed by atoms with Gasteiger partial charge in [0.15, 0.2) is 0 Å². The van der Waals surface area contributed by atoms with Crippen LogP contribution in [0.15, 0.2) is 48.5 Å². The number of hydrogen-bond donors (Lipinski definition) is 0. The zero-order valence-corrected chi connectivity index (χ0v) is 9.64. The Kier molecular flexibility index (Phi) is 1.32. The molecule has 0 amide bonds. The van der Waals surface area contributed by atoms with Gasteiger partial charge < -0.3 is 0 Å². The lowest BCUT2D eigenvalue weighted by molar-refractivity contribution is 0.491. The second-order valence-electron chi connectivity index (χ2n) is 5.78. The lowest BCUT2D eigenvalue weighted by atomic mass is 9.64. The van der Waals surface area contributed by atoms with E-state index in [9.17, 15) is 0 Å². The highest BCUT2D eigenvalue weighted by Gasteiger charge is 2.57. The SMILES string of the molecule is c1ccc2c(c1)C1c3ccccc3C2[C@@H]2C[C@H]12. The molecule has 0 heteroatoms. The Morgan fingerprint density at radius 3 is 1.29 bits per heavy atom. The van der Waals surface area contributed by atoms with E-state index in [1.807, 2.05) is 0 Å². The highest BCUT2D eigenvalue weighted by atomic mass is 14.6. The van der Waals surface area contributed by atoms with E-state index in [1.54, 1.807) is 22.3 Å². The Hall–Kier alpha value is -1.56. The van der Waals surface area contributed by atoms with Gasteiger partial charge in [0.2, 0.25) is 0 Å². The van der Waals surface area contributed by atoms with Crippen molar-refractivity contribution in [3.05, 3.63) is 70.8 Å². The molecule has 82 valence electrons. The van der Waals surface area contributed by atoms with E-state index < -0.39 is 0 Å². The molecular weight excluding hydrogens is 204 g/mol. The summed E-state index contributed by atoms with van der Waals surface area (Å²) in [5.74, 6) is 3.31. The summed E-state index contributed by atoms with van der Waals surface area (Å²) in [6.07, 6.45) is 1.44. The topological polar surface area (TPSA) is 0 Å². The third-order valence-electron chi connectivity index (χ3n) is 5.08. The maximum Gasteiger partial charge on any atom is 0.0127 e. The van der Waals surface area contributed by atoms with Crippen molar-refractivity contribution in [2.75, 3.05) is 0 Å². The van der Waals surface area contributed by atoms with E-state index in [0.29, 0.717) is 11.8 Å². The second kappa shape index (κ2) is 2.64. The zero-order chi connectivity index (χ0) is 11.0. The molecule has 4 aliphatic rings. The molecule has 2 bridgehead atoms. The summed E-state index contributed by atoms with van der Waals surface area (Å²) in [7, 11) is 0. The number of hydrogen-bond acceptors (Lipinski definition) is 0. The van der Waals surface area contributed by atoms with Crippen LogP contribution < -0.4 is 0 Å². The van der Waals surface area contributed by atoms with Crippen LogP contribution in [0.4, 0.5) is 0 Å². The Morgan fingerprint density at radius 1 is 0.588 bits per heavy atom. The van der Waals surface area contributed by atoms with Crippen LogP contribution in [0.25, 0.3) is 0 Å². The lowest BCUT2D eigenvalue weighted by Crippen LogP contribution is -2.26. The van der Waals surface area contributed by atoms with Gasteiger partial charge >= 0.3 is 0 Å². The Morgan fingerprint density at radius 2 is 0.941 bits per heavy atom. The Bertz CT molecular complexity index is 524. The molecule has 0 heterocycles. The fourth-order valence-corrected chi connectivity index (χ4v) is 4.41. The molecule has 0 aliphatic heterocycles. The van der Waals surface area contributed by atoms with Gasteiger partial charge in [-0.1, -0.05) is 48.5 Å². The fraction of sp³-hybridized carbons (Fsp3) is 0.294. The molecule has 0 saturated heterocycles. The average Bonchev–Trinajstić information content (AvgIpc) is 3.18. The molecule has 0 aromatic heterocycles. The molecule has 2 aromatic rings. The first-order valence-corrected chi connectivity index (χ1v) is 6.63. The summed E-state index contributed by atoms with van der Waals surface area (Å²) in [6.45, 7) is 0. The van der Waals surface area contributed by atoms with E-state index in [2.05, 4.69) is 48.5 Å². The van der Waals surface area contributed by atoms with E-state index >= 15 is 0 Å². The molecule has 0 unspecified atom stereocenters. The van der Waals surface area contributed by atoms with Crippen LogP contribution in [-0.2, 0) is 0 Å². The minimum atomic E-state index is 0.706. The molecule has 6 rings (SSSR count). The second-order valence-corrected chi connectivity index (χ2v) is 5.78. The fourth-order valence-electron chi connectivity index (χ4n) is 4.41. The van der Waals surface area contributed by atoms with Crippen LogP contribution in [0, 0.1) is 11.8 Å². The molecule has 2 aromatic carbocycles. The van der Waals surface area contributed by atoms with Crippen molar-refractivity contribution in [1.82, 2.24) is 0 Å². The highest BCUT2D eigenvalue weighted by Crippen LogP contribution is 2.68. The van der Waals surface area contributed by atoms with Crippen LogP contribution in [0.3, 0.4) is 0 Å². The minimum absolute atomic E-state index is 0.706. The van der Waals surface area contributed by atoms with E-state index in [0.717, 1.165) is 11.8 Å². The van der Waals surface area contributed by atoms with Crippen molar-refractivity contribution in [2.24, 2.45) is 11.8 Å². The van der Waals surface area contributed by atoms with Gasteiger partial charge in [0, 0.05) is 11.8 Å². The summed E-state index contributed by atoms with van der Waals surface area (Å²) < 4.78 is 0. The zero-order valence-electron chi connectivity index (χ0n) is 9.64. The van der Waals surface area contributed by atoms with Crippen molar-refractivity contribution >= 4 is 0 Å². The van der Waals surface area contributed by atoms with Crippen LogP contribution in [0.2, 0.25) is 0 Å². The smallest absolute Gasteiger partial charge is 0.0127 e. The largest absolute Gasteiger partial charge is 0.0620 e. The molecule has 0 spiro atoms. The van der Waals surface area contributed by atoms with Crippen LogP contribution in [-0.4, -0.2) is 0 Å². The van der Waals surface area contributed by atoms with Gasteiger partial charge in [0.25, 0.3) is 0 Å². The molecule has 1 saturated carbocycles. The molecule has 0 nitrogen and oxygen atoms in total. The molecule has 17 heavy (non-hydrogen) atoms. The van der Waals surface area contributed by atoms with Crippen LogP contribution in [0.1, 0.15) is 40.5 Å². The van der Waals surface area contributed by atoms with E-state index in [1.165, 1.54) is 6.42 Å². The average molecular weight is 218 g/mol. The molecule has 1 fully saturated rings. The summed E-state index contributed by atoms with van der Waals surface area (Å²) in [4.78, 5) is 0. The monoisotopic (exact) mass is 218 g/mol. The third kappa shape index (κ3) is 0.878. The van der Waals surface area contributed by atoms with Crippen molar-refractivity contribution < 1.29 is 0 Å². The van der Waals surface area contributed by atoms with Gasteiger partial charge in [-0.05, 0) is 40.5 Å². The molecule has 2 atom stereocenters. The quantitative estimate of drug-likeness (QED) is 0.629. The van der Waals surface area contributed by atoms with Gasteiger partial charge in [-0.15, -0.1) is 0 Å². The third-order valence-corrected chi connectivity index (χ3v) is 5.08. The van der Waals surface area contributed by atoms with Gasteiger partial charge in [-0.25, -0.2) is 0 Å². The minimum Gasteiger partial charge on any atom is -0.0620 e. The Balaban J connectivity index is 1.89. The first kappa shape index (κ1) is 8.52. The van der Waals surface area contributed by atoms with Crippen molar-refractivity contribution in [3.63, 3.8) is 0 Å². The van der Waals surface area contributed by atoms with Gasteiger partial charge in [-0.2, -0.15) is 0 Å². The van der Waals surface area contributed by atoms with Crippen LogP contribution >= 0.6 is 0 Å². The first-order chi connectivity index (χ1) is 8.45. The number of rotatable bonds is 0. The summed E-state index contributed by atoms with van der Waals surface area (Å²) in [5.41, 5.74) is 6.48. The lowest BCUT2D eigenvalue weighted by Gasteiger charge is -2.39. The molecule has 0 N–H and O–H groups in total. The van der Waals surface area contributed by atoms with Gasteiger partial charge in [0.1, 0.15) is 0 Å². The number of benzene rings is 2. The normalized spacial score (nSPS) is 34.8. The first-order valence-electron chi connectivity index (χ1n) is 6.63. The van der Waals surface area contributed by atoms with Crippen molar-refractivity contribution in [3.8, 4) is 0 Å². The van der Waals surface area contributed by atoms with E-state index in [4.69, 9.17) is 0 Å². The van der Waals surface area contributed by atoms with E-state index in [-0.39, 0.29) is 0 Å². The standard InChI is InChI=1S/C17H14/c1-2-6-11-10(5-1)16-12-7-3-4-8-13(12)17(11)15-9-14(15)16/h1-8,14-17H,9H2/t14-,15+,16?,17?. The highest BCUT2D eigenvalue weighted by molar-refractivity contribution is 5.58. The van der Waals surface area contributed by atoms with Crippen LogP contribution in [0.5, 0.6) is 0 Å².